The zero-order valence-electron chi connectivity index (χ0n) is 8.29. The second-order valence-corrected chi connectivity index (χ2v) is 3.22. The van der Waals surface area contributed by atoms with Crippen molar-refractivity contribution in [3.63, 3.8) is 0 Å². The second-order valence-electron chi connectivity index (χ2n) is 3.22. The van der Waals surface area contributed by atoms with Crippen molar-refractivity contribution in [3.05, 3.63) is 43.1 Å². The maximum atomic E-state index is 5.54. The summed E-state index contributed by atoms with van der Waals surface area (Å²) in [5.41, 5.74) is 1.02. The van der Waals surface area contributed by atoms with Gasteiger partial charge in [0.2, 0.25) is 0 Å². The van der Waals surface area contributed by atoms with Crippen LogP contribution < -0.4 is 4.74 Å². The first-order chi connectivity index (χ1) is 7.93. The number of para-hydroxylation sites is 1. The van der Waals surface area contributed by atoms with E-state index in [0.29, 0.717) is 11.8 Å². The fourth-order valence-corrected chi connectivity index (χ4v) is 1.51. The Bertz CT molecular complexity index is 605. The highest BCUT2D eigenvalue weighted by Gasteiger charge is 2.05. The summed E-state index contributed by atoms with van der Waals surface area (Å²) in [7, 11) is 0. The zero-order valence-corrected chi connectivity index (χ0v) is 8.29. The summed E-state index contributed by atoms with van der Waals surface area (Å²) in [5.74, 6) is 0.710. The Labute approximate surface area is 91.2 Å². The molecule has 0 atom stereocenters. The minimum Gasteiger partial charge on any atom is -0.422 e. The van der Waals surface area contributed by atoms with Crippen LogP contribution in [0.25, 0.3) is 10.9 Å². The van der Waals surface area contributed by atoms with Crippen LogP contribution in [0.1, 0.15) is 0 Å². The minimum absolute atomic E-state index is 0.291. The van der Waals surface area contributed by atoms with Gasteiger partial charge in [-0.3, -0.25) is 0 Å². The van der Waals surface area contributed by atoms with Crippen molar-refractivity contribution in [2.24, 2.45) is 0 Å². The lowest BCUT2D eigenvalue weighted by Crippen LogP contribution is -1.90. The normalized spacial score (nSPS) is 10.5. The number of hydrogen-bond donors (Lipinski definition) is 1. The van der Waals surface area contributed by atoms with Crippen molar-refractivity contribution < 1.29 is 4.74 Å². The van der Waals surface area contributed by atoms with Crippen molar-refractivity contribution in [2.75, 3.05) is 0 Å². The summed E-state index contributed by atoms with van der Waals surface area (Å²) in [4.78, 5) is 14.6. The molecule has 3 aromatic rings. The van der Waals surface area contributed by atoms with E-state index >= 15 is 0 Å². The third kappa shape index (κ3) is 1.48. The number of aromatic nitrogens is 4. The summed E-state index contributed by atoms with van der Waals surface area (Å²) in [6.07, 6.45) is 4.59. The summed E-state index contributed by atoms with van der Waals surface area (Å²) in [6, 6.07) is 8.17. The van der Waals surface area contributed by atoms with Crippen LogP contribution in [0, 0.1) is 0 Å². The standard InChI is InChI=1S/C11H8N4O/c1-2-4-9-8(3-1)10(5-13-9)16-11-14-6-12-7-15-11/h1-7,13H. The van der Waals surface area contributed by atoms with Crippen LogP contribution in [0.15, 0.2) is 43.1 Å². The van der Waals surface area contributed by atoms with E-state index in [1.807, 2.05) is 24.3 Å². The Balaban J connectivity index is 2.01. The van der Waals surface area contributed by atoms with Gasteiger partial charge in [0.25, 0.3) is 0 Å². The lowest BCUT2D eigenvalue weighted by atomic mass is 10.2. The molecule has 1 aromatic carbocycles. The molecule has 5 heteroatoms. The van der Waals surface area contributed by atoms with Gasteiger partial charge in [0.05, 0.1) is 0 Å². The first-order valence-corrected chi connectivity index (χ1v) is 4.79. The Kier molecular flexibility index (Phi) is 2.00. The molecule has 0 bridgehead atoms. The van der Waals surface area contributed by atoms with Gasteiger partial charge < -0.3 is 9.72 Å². The summed E-state index contributed by atoms with van der Waals surface area (Å²) in [5, 5.41) is 1.00. The molecular formula is C11H8N4O. The number of benzene rings is 1. The van der Waals surface area contributed by atoms with Gasteiger partial charge in [-0.1, -0.05) is 12.1 Å². The van der Waals surface area contributed by atoms with Crippen molar-refractivity contribution in [1.82, 2.24) is 19.9 Å². The van der Waals surface area contributed by atoms with E-state index in [1.165, 1.54) is 12.7 Å². The summed E-state index contributed by atoms with van der Waals surface area (Å²) >= 11 is 0. The molecule has 3 rings (SSSR count). The molecule has 0 aliphatic heterocycles. The molecule has 0 aliphatic rings. The number of H-pyrrole nitrogens is 1. The van der Waals surface area contributed by atoms with E-state index in [-0.39, 0.29) is 0 Å². The average molecular weight is 212 g/mol. The van der Waals surface area contributed by atoms with Crippen LogP contribution in [0.4, 0.5) is 0 Å². The average Bonchev–Trinajstić information content (AvgIpc) is 2.74. The van der Waals surface area contributed by atoms with E-state index in [2.05, 4.69) is 19.9 Å². The topological polar surface area (TPSA) is 63.7 Å². The van der Waals surface area contributed by atoms with Crippen LogP contribution in [0.2, 0.25) is 0 Å². The number of nitrogens with zero attached hydrogens (tertiary/aromatic N) is 3. The molecule has 0 saturated carbocycles. The SMILES string of the molecule is c1ccc2c(Oc3ncncn3)c[nH]c2c1. The molecule has 0 unspecified atom stereocenters. The van der Waals surface area contributed by atoms with Crippen LogP contribution in [-0.4, -0.2) is 19.9 Å². The third-order valence-corrected chi connectivity index (χ3v) is 2.22. The number of hydrogen-bond acceptors (Lipinski definition) is 4. The number of ether oxygens (including phenoxy) is 1. The van der Waals surface area contributed by atoms with Crippen molar-refractivity contribution in [1.29, 1.82) is 0 Å². The van der Waals surface area contributed by atoms with E-state index in [1.54, 1.807) is 6.20 Å². The summed E-state index contributed by atoms with van der Waals surface area (Å²) < 4.78 is 5.54. The Morgan fingerprint density at radius 3 is 2.75 bits per heavy atom. The van der Waals surface area contributed by atoms with Gasteiger partial charge >= 0.3 is 6.01 Å². The van der Waals surface area contributed by atoms with Crippen molar-refractivity contribution in [3.8, 4) is 11.8 Å². The van der Waals surface area contributed by atoms with E-state index in [4.69, 9.17) is 4.74 Å². The number of aromatic amines is 1. The number of fused-ring (bicyclic) bond motifs is 1. The smallest absolute Gasteiger partial charge is 0.325 e. The first-order valence-electron chi connectivity index (χ1n) is 4.79. The molecule has 78 valence electrons. The van der Waals surface area contributed by atoms with Gasteiger partial charge in [-0.2, -0.15) is 9.97 Å². The highest BCUT2D eigenvalue weighted by molar-refractivity contribution is 5.86. The monoisotopic (exact) mass is 212 g/mol. The molecule has 0 radical (unpaired) electrons. The van der Waals surface area contributed by atoms with Crippen molar-refractivity contribution in [2.45, 2.75) is 0 Å². The van der Waals surface area contributed by atoms with Crippen LogP contribution in [-0.2, 0) is 0 Å². The molecule has 0 saturated heterocycles. The third-order valence-electron chi connectivity index (χ3n) is 2.22. The molecule has 16 heavy (non-hydrogen) atoms. The van der Waals surface area contributed by atoms with Gasteiger partial charge in [-0.05, 0) is 12.1 Å². The maximum absolute atomic E-state index is 5.54. The lowest BCUT2D eigenvalue weighted by Gasteiger charge is -1.99. The lowest BCUT2D eigenvalue weighted by molar-refractivity contribution is 0.444. The Hall–Kier alpha value is -2.43. The quantitative estimate of drug-likeness (QED) is 0.706. The predicted octanol–water partition coefficient (Wildman–Crippen LogP) is 2.15. The fourth-order valence-electron chi connectivity index (χ4n) is 1.51. The first kappa shape index (κ1) is 8.84. The van der Waals surface area contributed by atoms with E-state index in [0.717, 1.165) is 10.9 Å². The molecule has 1 N–H and O–H groups in total. The highest BCUT2D eigenvalue weighted by atomic mass is 16.5. The second kappa shape index (κ2) is 3.62. The van der Waals surface area contributed by atoms with Gasteiger partial charge in [0, 0.05) is 17.1 Å². The van der Waals surface area contributed by atoms with Crippen molar-refractivity contribution >= 4 is 10.9 Å². The van der Waals surface area contributed by atoms with Crippen LogP contribution in [0.5, 0.6) is 11.8 Å². The molecule has 0 amide bonds. The molecule has 0 fully saturated rings. The van der Waals surface area contributed by atoms with Gasteiger partial charge in [0.15, 0.2) is 5.75 Å². The van der Waals surface area contributed by atoms with Gasteiger partial charge in [-0.25, -0.2) is 4.98 Å². The van der Waals surface area contributed by atoms with Gasteiger partial charge in [0.1, 0.15) is 12.7 Å². The molecular weight excluding hydrogens is 204 g/mol. The molecule has 0 spiro atoms. The molecule has 2 aromatic heterocycles. The molecule has 0 aliphatic carbocycles. The summed E-state index contributed by atoms with van der Waals surface area (Å²) in [6.45, 7) is 0. The predicted molar refractivity (Wildman–Crippen MR) is 58.2 cm³/mol. The zero-order chi connectivity index (χ0) is 10.8. The molecule has 5 nitrogen and oxygen atoms in total. The highest BCUT2D eigenvalue weighted by Crippen LogP contribution is 2.27. The Morgan fingerprint density at radius 1 is 1.06 bits per heavy atom. The van der Waals surface area contributed by atoms with Crippen LogP contribution >= 0.6 is 0 Å². The van der Waals surface area contributed by atoms with Crippen LogP contribution in [0.3, 0.4) is 0 Å². The Morgan fingerprint density at radius 2 is 1.88 bits per heavy atom. The minimum atomic E-state index is 0.291. The fraction of sp³-hybridized carbons (Fsp3) is 0. The molecule has 2 heterocycles. The largest absolute Gasteiger partial charge is 0.422 e. The van der Waals surface area contributed by atoms with E-state index in [9.17, 15) is 0 Å². The van der Waals surface area contributed by atoms with Gasteiger partial charge in [-0.15, -0.1) is 0 Å². The number of nitrogens with one attached hydrogen (secondary N) is 1. The number of rotatable bonds is 2. The van der Waals surface area contributed by atoms with E-state index < -0.39 is 0 Å². The maximum Gasteiger partial charge on any atom is 0.325 e.